The van der Waals surface area contributed by atoms with Crippen molar-refractivity contribution < 1.29 is 24.5 Å². The first-order valence-corrected chi connectivity index (χ1v) is 6.14. The van der Waals surface area contributed by atoms with E-state index in [1.165, 1.54) is 0 Å². The zero-order chi connectivity index (χ0) is 12.8. The van der Waals surface area contributed by atoms with E-state index in [0.717, 1.165) is 13.0 Å². The van der Waals surface area contributed by atoms with Crippen LogP contribution in [0.1, 0.15) is 19.3 Å². The van der Waals surface area contributed by atoms with Gasteiger partial charge in [-0.25, -0.2) is 4.89 Å². The lowest BCUT2D eigenvalue weighted by atomic mass is 10.1. The highest BCUT2D eigenvalue weighted by Gasteiger charge is 2.23. The minimum Gasteiger partial charge on any atom is -0.390 e. The van der Waals surface area contributed by atoms with Crippen molar-refractivity contribution in [2.75, 3.05) is 26.4 Å². The molecule has 1 amide bonds. The zero-order valence-corrected chi connectivity index (χ0v) is 10.1. The Morgan fingerprint density at radius 2 is 2.44 bits per heavy atom. The van der Waals surface area contributed by atoms with Crippen LogP contribution in [0, 0.1) is 5.92 Å². The number of hydrogen-bond acceptors (Lipinski definition) is 6. The minimum atomic E-state index is -0.283. The maximum atomic E-state index is 11.8. The highest BCUT2D eigenvalue weighted by molar-refractivity contribution is 6.38. The lowest BCUT2D eigenvalue weighted by molar-refractivity contribution is -0.261. The summed E-state index contributed by atoms with van der Waals surface area (Å²) in [5.74, 6) is 0.208. The lowest BCUT2D eigenvalue weighted by Crippen LogP contribution is -2.37. The summed E-state index contributed by atoms with van der Waals surface area (Å²) in [6.07, 6.45) is 1.84. The molecule has 0 aromatic heterocycles. The number of hydrogen-bond donors (Lipinski definition) is 2. The van der Waals surface area contributed by atoms with Gasteiger partial charge in [-0.1, -0.05) is 5.16 Å². The predicted octanol–water partition coefficient (Wildman–Crippen LogP) is 0.164. The summed E-state index contributed by atoms with van der Waals surface area (Å²) in [5.41, 5.74) is 0.392. The maximum Gasteiger partial charge on any atom is 0.269 e. The van der Waals surface area contributed by atoms with E-state index < -0.39 is 0 Å². The van der Waals surface area contributed by atoms with E-state index in [9.17, 15) is 4.79 Å². The number of rotatable bonds is 5. The molecule has 2 unspecified atom stereocenters. The van der Waals surface area contributed by atoms with Crippen LogP contribution in [0.5, 0.6) is 0 Å². The second kappa shape index (κ2) is 6.67. The summed E-state index contributed by atoms with van der Waals surface area (Å²) in [7, 11) is 0. The predicted molar refractivity (Wildman–Crippen MR) is 62.1 cm³/mol. The standard InChI is InChI=1S/C11H18N2O5/c14-11(12-5-8-3-4-16-6-8)10-2-1-9(7-17-15)18-13-10/h8-9,15H,1-7H2,(H,12,14). The minimum absolute atomic E-state index is 0.0673. The molecule has 7 heteroatoms. The number of amides is 1. The van der Waals surface area contributed by atoms with E-state index >= 15 is 0 Å². The molecule has 1 saturated heterocycles. The van der Waals surface area contributed by atoms with Crippen molar-refractivity contribution in [3.05, 3.63) is 0 Å². The largest absolute Gasteiger partial charge is 0.390 e. The first-order valence-electron chi connectivity index (χ1n) is 6.14. The van der Waals surface area contributed by atoms with Gasteiger partial charge in [0.15, 0.2) is 6.10 Å². The molecule has 0 saturated carbocycles. The van der Waals surface area contributed by atoms with Crippen molar-refractivity contribution in [3.8, 4) is 0 Å². The highest BCUT2D eigenvalue weighted by Crippen LogP contribution is 2.13. The molecule has 2 rings (SSSR count). The molecule has 2 aliphatic rings. The van der Waals surface area contributed by atoms with Gasteiger partial charge in [0.1, 0.15) is 12.3 Å². The molecule has 2 atom stereocenters. The monoisotopic (exact) mass is 258 g/mol. The topological polar surface area (TPSA) is 89.4 Å². The van der Waals surface area contributed by atoms with Crippen LogP contribution < -0.4 is 5.32 Å². The summed E-state index contributed by atoms with van der Waals surface area (Å²) >= 11 is 0. The molecule has 2 heterocycles. The van der Waals surface area contributed by atoms with E-state index in [-0.39, 0.29) is 18.6 Å². The molecular formula is C11H18N2O5. The first kappa shape index (κ1) is 13.3. The Hall–Kier alpha value is -1.18. The Morgan fingerprint density at radius 1 is 1.56 bits per heavy atom. The van der Waals surface area contributed by atoms with Crippen LogP contribution in [0.15, 0.2) is 5.16 Å². The highest BCUT2D eigenvalue weighted by atomic mass is 17.1. The summed E-state index contributed by atoms with van der Waals surface area (Å²) in [6.45, 7) is 2.16. The Morgan fingerprint density at radius 3 is 3.06 bits per heavy atom. The van der Waals surface area contributed by atoms with Crippen LogP contribution in [0.25, 0.3) is 0 Å². The van der Waals surface area contributed by atoms with Crippen LogP contribution in [0.3, 0.4) is 0 Å². The van der Waals surface area contributed by atoms with Gasteiger partial charge in [0.25, 0.3) is 5.91 Å². The van der Waals surface area contributed by atoms with Gasteiger partial charge in [-0.2, -0.15) is 0 Å². The molecule has 0 radical (unpaired) electrons. The van der Waals surface area contributed by atoms with E-state index in [0.29, 0.717) is 37.6 Å². The summed E-state index contributed by atoms with van der Waals surface area (Å²) in [6, 6.07) is 0. The fourth-order valence-electron chi connectivity index (χ4n) is 1.97. The van der Waals surface area contributed by atoms with Crippen LogP contribution in [0.2, 0.25) is 0 Å². The Labute approximate surface area is 105 Å². The van der Waals surface area contributed by atoms with Crippen LogP contribution in [0.4, 0.5) is 0 Å². The van der Waals surface area contributed by atoms with Crippen molar-refractivity contribution in [1.82, 2.24) is 5.32 Å². The van der Waals surface area contributed by atoms with E-state index in [2.05, 4.69) is 15.4 Å². The zero-order valence-electron chi connectivity index (χ0n) is 10.1. The molecule has 18 heavy (non-hydrogen) atoms. The average molecular weight is 258 g/mol. The van der Waals surface area contributed by atoms with Gasteiger partial charge >= 0.3 is 0 Å². The van der Waals surface area contributed by atoms with Crippen molar-refractivity contribution in [3.63, 3.8) is 0 Å². The fraction of sp³-hybridized carbons (Fsp3) is 0.818. The summed E-state index contributed by atoms with van der Waals surface area (Å²) < 4.78 is 5.23. The molecule has 102 valence electrons. The van der Waals surface area contributed by atoms with Crippen LogP contribution >= 0.6 is 0 Å². The molecule has 0 aromatic rings. The number of carbonyl (C=O) groups is 1. The Balaban J connectivity index is 1.72. The number of ether oxygens (including phenoxy) is 1. The summed E-state index contributed by atoms with van der Waals surface area (Å²) in [4.78, 5) is 20.8. The van der Waals surface area contributed by atoms with Crippen molar-refractivity contribution in [2.24, 2.45) is 11.1 Å². The molecular weight excluding hydrogens is 240 g/mol. The quantitative estimate of drug-likeness (QED) is 0.542. The molecule has 1 fully saturated rings. The number of oxime groups is 1. The second-order valence-corrected chi connectivity index (χ2v) is 4.54. The van der Waals surface area contributed by atoms with Crippen molar-refractivity contribution in [2.45, 2.75) is 25.4 Å². The van der Waals surface area contributed by atoms with Gasteiger partial charge in [-0.3, -0.25) is 10.1 Å². The van der Waals surface area contributed by atoms with Gasteiger partial charge in [0, 0.05) is 25.5 Å². The second-order valence-electron chi connectivity index (χ2n) is 4.54. The van der Waals surface area contributed by atoms with Crippen molar-refractivity contribution in [1.29, 1.82) is 0 Å². The van der Waals surface area contributed by atoms with Crippen LogP contribution in [-0.2, 0) is 19.3 Å². The van der Waals surface area contributed by atoms with Gasteiger partial charge in [0.05, 0.1) is 6.61 Å². The third-order valence-electron chi connectivity index (χ3n) is 3.11. The third kappa shape index (κ3) is 3.66. The van der Waals surface area contributed by atoms with Gasteiger partial charge < -0.3 is 14.9 Å². The van der Waals surface area contributed by atoms with E-state index in [4.69, 9.17) is 14.8 Å². The van der Waals surface area contributed by atoms with E-state index in [1.54, 1.807) is 0 Å². The van der Waals surface area contributed by atoms with Crippen LogP contribution in [-0.4, -0.2) is 49.3 Å². The summed E-state index contributed by atoms with van der Waals surface area (Å²) in [5, 5.41) is 14.9. The molecule has 7 nitrogen and oxygen atoms in total. The fourth-order valence-corrected chi connectivity index (χ4v) is 1.97. The molecule has 0 spiro atoms. The molecule has 2 aliphatic heterocycles. The molecule has 0 aromatic carbocycles. The molecule has 2 N–H and O–H groups in total. The molecule has 0 aliphatic carbocycles. The smallest absolute Gasteiger partial charge is 0.269 e. The van der Waals surface area contributed by atoms with Gasteiger partial charge in [-0.15, -0.1) is 0 Å². The maximum absolute atomic E-state index is 11.8. The van der Waals surface area contributed by atoms with Crippen molar-refractivity contribution >= 4 is 11.6 Å². The average Bonchev–Trinajstić information content (AvgIpc) is 2.90. The number of nitrogens with zero attached hydrogens (tertiary/aromatic N) is 1. The molecule has 0 bridgehead atoms. The van der Waals surface area contributed by atoms with Gasteiger partial charge in [0.2, 0.25) is 0 Å². The first-order chi connectivity index (χ1) is 8.79. The third-order valence-corrected chi connectivity index (χ3v) is 3.11. The lowest BCUT2D eigenvalue weighted by Gasteiger charge is -2.19. The Bertz CT molecular complexity index is 315. The number of carbonyl (C=O) groups excluding carboxylic acids is 1. The van der Waals surface area contributed by atoms with E-state index in [1.807, 2.05) is 0 Å². The SMILES string of the molecule is O=C(NCC1CCOC1)C1=NOC(COO)CC1. The number of nitrogens with one attached hydrogen (secondary N) is 1. The Kier molecular flexibility index (Phi) is 4.91. The van der Waals surface area contributed by atoms with Gasteiger partial charge in [-0.05, 0) is 12.8 Å². The normalized spacial score (nSPS) is 27.5.